The molecule has 22 heavy (non-hydrogen) atoms. The first kappa shape index (κ1) is 16.4. The van der Waals surface area contributed by atoms with Crippen molar-refractivity contribution in [3.8, 4) is 0 Å². The van der Waals surface area contributed by atoms with Crippen LogP contribution in [0, 0.1) is 6.92 Å². The Morgan fingerprint density at radius 3 is 2.50 bits per heavy atom. The van der Waals surface area contributed by atoms with Gasteiger partial charge in [0.25, 0.3) is 0 Å². The lowest BCUT2D eigenvalue weighted by Gasteiger charge is -2.27. The van der Waals surface area contributed by atoms with Crippen molar-refractivity contribution in [3.05, 3.63) is 41.1 Å². The van der Waals surface area contributed by atoms with Crippen LogP contribution in [0.5, 0.6) is 0 Å². The number of ether oxygens (including phenoxy) is 1. The molecule has 1 aromatic heterocycles. The molecule has 0 radical (unpaired) electrons. The highest BCUT2D eigenvalue weighted by atomic mass is 16.5. The molecule has 0 aliphatic heterocycles. The number of hydrogen-bond acceptors (Lipinski definition) is 3. The summed E-state index contributed by atoms with van der Waals surface area (Å²) in [5.41, 5.74) is 2.74. The van der Waals surface area contributed by atoms with E-state index in [0.29, 0.717) is 11.3 Å². The van der Waals surface area contributed by atoms with Crippen LogP contribution in [-0.4, -0.2) is 21.7 Å². The Balaban J connectivity index is 2.71. The van der Waals surface area contributed by atoms with Gasteiger partial charge < -0.3 is 9.84 Å². The molecule has 0 aliphatic carbocycles. The maximum absolute atomic E-state index is 11.8. The third-order valence-electron chi connectivity index (χ3n) is 3.54. The minimum absolute atomic E-state index is 0.549. The summed E-state index contributed by atoms with van der Waals surface area (Å²) in [4.78, 5) is 16.4. The van der Waals surface area contributed by atoms with E-state index in [1.54, 1.807) is 0 Å². The van der Waals surface area contributed by atoms with E-state index in [1.807, 2.05) is 58.9 Å². The van der Waals surface area contributed by atoms with Gasteiger partial charge in [0.2, 0.25) is 0 Å². The summed E-state index contributed by atoms with van der Waals surface area (Å²) in [6.45, 7) is 9.46. The summed E-state index contributed by atoms with van der Waals surface area (Å²) in [5, 5.41) is 10.6. The second kappa shape index (κ2) is 6.05. The number of carbonyl (C=O) groups is 1. The number of pyridine rings is 1. The first-order valence-corrected chi connectivity index (χ1v) is 7.53. The number of hydrogen-bond donors (Lipinski definition) is 1. The van der Waals surface area contributed by atoms with E-state index >= 15 is 0 Å². The zero-order valence-electron chi connectivity index (χ0n) is 13.8. The van der Waals surface area contributed by atoms with E-state index in [-0.39, 0.29) is 0 Å². The Kier molecular flexibility index (Phi) is 4.52. The normalized spacial score (nSPS) is 13.3. The minimum atomic E-state index is -1.01. The van der Waals surface area contributed by atoms with E-state index in [0.717, 1.165) is 22.9 Å². The lowest BCUT2D eigenvalue weighted by molar-refractivity contribution is -0.160. The van der Waals surface area contributed by atoms with Crippen LogP contribution in [-0.2, 0) is 16.0 Å². The number of benzene rings is 1. The van der Waals surface area contributed by atoms with E-state index in [1.165, 1.54) is 0 Å². The number of para-hydroxylation sites is 1. The average Bonchev–Trinajstić information content (AvgIpc) is 2.42. The van der Waals surface area contributed by atoms with Crippen molar-refractivity contribution >= 4 is 16.9 Å². The van der Waals surface area contributed by atoms with Crippen LogP contribution in [0.4, 0.5) is 0 Å². The average molecular weight is 301 g/mol. The maximum atomic E-state index is 11.8. The molecule has 1 N–H and O–H groups in total. The van der Waals surface area contributed by atoms with Crippen LogP contribution in [0.2, 0.25) is 0 Å². The second-order valence-electron chi connectivity index (χ2n) is 6.41. The number of nitrogens with zero attached hydrogens (tertiary/aromatic N) is 1. The molecule has 0 amide bonds. The van der Waals surface area contributed by atoms with Gasteiger partial charge in [-0.05, 0) is 45.7 Å². The van der Waals surface area contributed by atoms with Crippen molar-refractivity contribution < 1.29 is 14.6 Å². The number of carboxylic acid groups (broad SMARTS) is 1. The first-order valence-electron chi connectivity index (χ1n) is 7.53. The molecular weight excluding hydrogens is 278 g/mol. The molecule has 1 unspecified atom stereocenters. The zero-order valence-corrected chi connectivity index (χ0v) is 13.8. The molecular formula is C18H23NO3. The predicted octanol–water partition coefficient (Wildman–Crippen LogP) is 4.05. The molecule has 2 rings (SSSR count). The fourth-order valence-corrected chi connectivity index (χ4v) is 2.75. The minimum Gasteiger partial charge on any atom is -0.479 e. The molecule has 0 aliphatic rings. The van der Waals surface area contributed by atoms with Crippen molar-refractivity contribution in [2.45, 2.75) is 52.7 Å². The Morgan fingerprint density at radius 1 is 1.32 bits per heavy atom. The summed E-state index contributed by atoms with van der Waals surface area (Å²) in [7, 11) is 0. The molecule has 0 fully saturated rings. The van der Waals surface area contributed by atoms with E-state index in [9.17, 15) is 9.90 Å². The van der Waals surface area contributed by atoms with Crippen LogP contribution in [0.3, 0.4) is 0 Å². The van der Waals surface area contributed by atoms with E-state index in [4.69, 9.17) is 4.74 Å². The number of fused-ring (bicyclic) bond motifs is 1. The zero-order chi connectivity index (χ0) is 16.5. The van der Waals surface area contributed by atoms with E-state index < -0.39 is 17.7 Å². The van der Waals surface area contributed by atoms with Crippen molar-refractivity contribution in [3.63, 3.8) is 0 Å². The summed E-state index contributed by atoms with van der Waals surface area (Å²) in [5.74, 6) is -0.982. The molecule has 4 heteroatoms. The Bertz CT molecular complexity index is 701. The molecule has 118 valence electrons. The fourth-order valence-electron chi connectivity index (χ4n) is 2.75. The molecule has 2 aromatic rings. The van der Waals surface area contributed by atoms with Gasteiger partial charge in [-0.25, -0.2) is 4.79 Å². The standard InChI is InChI=1S/C18H23NO3/c1-6-12-13-9-7-8-10-14(13)19-11(2)15(12)16(17(20)21)22-18(3,4)5/h7-10,16H,6H2,1-5H3,(H,20,21). The Morgan fingerprint density at radius 2 is 1.95 bits per heavy atom. The van der Waals surface area contributed by atoms with Gasteiger partial charge in [-0.3, -0.25) is 4.98 Å². The molecule has 1 heterocycles. The highest BCUT2D eigenvalue weighted by Gasteiger charge is 2.31. The number of aryl methyl sites for hydroxylation is 2. The van der Waals surface area contributed by atoms with Gasteiger partial charge in [0.05, 0.1) is 11.1 Å². The molecule has 1 atom stereocenters. The van der Waals surface area contributed by atoms with Gasteiger partial charge in [0.1, 0.15) is 0 Å². The van der Waals surface area contributed by atoms with Gasteiger partial charge in [0.15, 0.2) is 6.10 Å². The number of rotatable bonds is 4. The van der Waals surface area contributed by atoms with Crippen LogP contribution >= 0.6 is 0 Å². The van der Waals surface area contributed by atoms with Crippen molar-refractivity contribution in [2.24, 2.45) is 0 Å². The fraction of sp³-hybridized carbons (Fsp3) is 0.444. The lowest BCUT2D eigenvalue weighted by atomic mass is 9.94. The van der Waals surface area contributed by atoms with Gasteiger partial charge >= 0.3 is 5.97 Å². The quantitative estimate of drug-likeness (QED) is 0.925. The number of aromatic nitrogens is 1. The van der Waals surface area contributed by atoms with Crippen molar-refractivity contribution in [1.29, 1.82) is 0 Å². The molecule has 0 saturated carbocycles. The summed E-state index contributed by atoms with van der Waals surface area (Å²) >= 11 is 0. The summed E-state index contributed by atoms with van der Waals surface area (Å²) in [6, 6.07) is 7.82. The highest BCUT2D eigenvalue weighted by molar-refractivity contribution is 5.86. The van der Waals surface area contributed by atoms with Gasteiger partial charge in [-0.15, -0.1) is 0 Å². The summed E-state index contributed by atoms with van der Waals surface area (Å²) in [6.07, 6.45) is -0.275. The SMILES string of the molecule is CCc1c(C(OC(C)(C)C)C(=O)O)c(C)nc2ccccc12. The number of carboxylic acids is 1. The van der Waals surface area contributed by atoms with Crippen LogP contribution in [0.15, 0.2) is 24.3 Å². The smallest absolute Gasteiger partial charge is 0.337 e. The molecule has 0 saturated heterocycles. The van der Waals surface area contributed by atoms with Gasteiger partial charge in [0, 0.05) is 16.6 Å². The van der Waals surface area contributed by atoms with E-state index in [2.05, 4.69) is 4.98 Å². The highest BCUT2D eigenvalue weighted by Crippen LogP contribution is 2.33. The topological polar surface area (TPSA) is 59.4 Å². The van der Waals surface area contributed by atoms with Gasteiger partial charge in [-0.1, -0.05) is 25.1 Å². The Labute approximate surface area is 131 Å². The largest absolute Gasteiger partial charge is 0.479 e. The lowest BCUT2D eigenvalue weighted by Crippen LogP contribution is -2.28. The third kappa shape index (κ3) is 3.28. The van der Waals surface area contributed by atoms with Crippen molar-refractivity contribution in [1.82, 2.24) is 4.98 Å². The van der Waals surface area contributed by atoms with Crippen LogP contribution in [0.1, 0.15) is 50.6 Å². The molecule has 4 nitrogen and oxygen atoms in total. The first-order chi connectivity index (χ1) is 10.2. The maximum Gasteiger partial charge on any atom is 0.337 e. The second-order valence-corrected chi connectivity index (χ2v) is 6.41. The third-order valence-corrected chi connectivity index (χ3v) is 3.54. The molecule has 0 bridgehead atoms. The van der Waals surface area contributed by atoms with Crippen LogP contribution < -0.4 is 0 Å². The van der Waals surface area contributed by atoms with Crippen LogP contribution in [0.25, 0.3) is 10.9 Å². The monoisotopic (exact) mass is 301 g/mol. The molecule has 1 aromatic carbocycles. The Hall–Kier alpha value is -1.94. The summed E-state index contributed by atoms with van der Waals surface area (Å²) < 4.78 is 5.82. The predicted molar refractivity (Wildman–Crippen MR) is 87.1 cm³/mol. The number of aliphatic carboxylic acids is 1. The molecule has 0 spiro atoms. The van der Waals surface area contributed by atoms with Crippen molar-refractivity contribution in [2.75, 3.05) is 0 Å². The van der Waals surface area contributed by atoms with Gasteiger partial charge in [-0.2, -0.15) is 0 Å².